The lowest BCUT2D eigenvalue weighted by molar-refractivity contribution is -0.416. The SMILES string of the molecule is C=C1[C@H](OC(C)=O)C2=C(C)[C@@H](OC(=O)[C@H](OC)[C@@H](NC(=O)c3ccccc3)c3ccccc3)C[C@@](O)([C@@H](OC(=O)c3ccccc3)C3(C)[C@@]1(C)[C@@H](O)C[C@]1(C)OC[C@@]31OC(C)=O)C2(C)C. The van der Waals surface area contributed by atoms with Gasteiger partial charge in [-0.25, -0.2) is 9.59 Å². The van der Waals surface area contributed by atoms with Crippen molar-refractivity contribution in [3.8, 4) is 0 Å². The second kappa shape index (κ2) is 17.0. The van der Waals surface area contributed by atoms with Crippen molar-refractivity contribution in [3.05, 3.63) is 131 Å². The summed E-state index contributed by atoms with van der Waals surface area (Å²) >= 11 is 0. The Morgan fingerprint density at radius 3 is 1.89 bits per heavy atom. The molecule has 1 amide bonds. The topological polar surface area (TPSA) is 193 Å². The highest BCUT2D eigenvalue weighted by Gasteiger charge is 2.85. The third kappa shape index (κ3) is 7.20. The summed E-state index contributed by atoms with van der Waals surface area (Å²) in [5, 5.41) is 29.6. The fourth-order valence-electron chi connectivity index (χ4n) is 11.5. The minimum atomic E-state index is -2.30. The molecule has 0 aromatic heterocycles. The van der Waals surface area contributed by atoms with E-state index < -0.39 is 106 Å². The first kappa shape index (κ1) is 47.3. The fourth-order valence-corrected chi connectivity index (χ4v) is 11.5. The second-order valence-corrected chi connectivity index (χ2v) is 18.9. The molecule has 7 rings (SSSR count). The normalized spacial score (nSPS) is 33.2. The van der Waals surface area contributed by atoms with Crippen LogP contribution in [0.15, 0.2) is 114 Å². The number of esters is 4. The van der Waals surface area contributed by atoms with Gasteiger partial charge in [-0.2, -0.15) is 0 Å². The zero-order chi connectivity index (χ0) is 47.5. The number of aliphatic hydroxyl groups excluding tert-OH is 1. The highest BCUT2D eigenvalue weighted by atomic mass is 16.6. The minimum absolute atomic E-state index is 0.0839. The van der Waals surface area contributed by atoms with Crippen LogP contribution in [0.1, 0.15) is 101 Å². The maximum Gasteiger partial charge on any atom is 0.338 e. The molecule has 346 valence electrons. The van der Waals surface area contributed by atoms with Crippen LogP contribution >= 0.6 is 0 Å². The number of carbonyl (C=O) groups excluding carboxylic acids is 5. The molecule has 2 saturated carbocycles. The van der Waals surface area contributed by atoms with E-state index in [2.05, 4.69) is 11.9 Å². The van der Waals surface area contributed by atoms with Gasteiger partial charge in [0.15, 0.2) is 11.7 Å². The standard InChI is InChI=1S/C51H59NO13/c1-29-36(63-44(58)41(60-10)39(33-20-14-11-15-21-33)52-42(56)34-22-16-12-17-23-34)26-50(59)45(64-43(57)35-24-18-13-19-25-35)49(9)48(8,30(2)40(62-31(3)53)38(29)46(50,5)6)37(55)27-47(7)51(49,28-61-47)65-32(4)54/h11-25,36-37,39-41,45,55,59H,2,26-28H2,1,3-10H3,(H,52,56)/t36-,37-,39-,40-,41+,45-,47-,48+,49?,50+,51-/m0/s1. The van der Waals surface area contributed by atoms with E-state index in [4.69, 9.17) is 28.4 Å². The molecule has 4 aliphatic rings. The number of ether oxygens (including phenoxy) is 6. The van der Waals surface area contributed by atoms with Crippen LogP contribution in [0.2, 0.25) is 0 Å². The number of rotatable bonds is 11. The minimum Gasteiger partial charge on any atom is -0.456 e. The van der Waals surface area contributed by atoms with Gasteiger partial charge >= 0.3 is 23.9 Å². The van der Waals surface area contributed by atoms with Crippen LogP contribution in [0.5, 0.6) is 0 Å². The monoisotopic (exact) mass is 893 g/mol. The molecule has 14 nitrogen and oxygen atoms in total. The van der Waals surface area contributed by atoms with Crippen LogP contribution in [0.25, 0.3) is 0 Å². The van der Waals surface area contributed by atoms with Gasteiger partial charge in [-0.05, 0) is 60.4 Å². The predicted molar refractivity (Wildman–Crippen MR) is 236 cm³/mol. The molecular weight excluding hydrogens is 835 g/mol. The van der Waals surface area contributed by atoms with E-state index in [1.807, 2.05) is 0 Å². The molecule has 3 aliphatic carbocycles. The molecule has 65 heavy (non-hydrogen) atoms. The van der Waals surface area contributed by atoms with Crippen molar-refractivity contribution in [3.63, 3.8) is 0 Å². The van der Waals surface area contributed by atoms with Gasteiger partial charge in [-0.15, -0.1) is 0 Å². The van der Waals surface area contributed by atoms with Gasteiger partial charge in [0.05, 0.1) is 29.7 Å². The van der Waals surface area contributed by atoms with Gasteiger partial charge in [0.1, 0.15) is 29.5 Å². The lowest BCUT2D eigenvalue weighted by Crippen LogP contribution is -2.88. The van der Waals surface area contributed by atoms with E-state index in [1.54, 1.807) is 133 Å². The zero-order valence-electron chi connectivity index (χ0n) is 38.3. The van der Waals surface area contributed by atoms with Crippen molar-refractivity contribution < 1.29 is 62.6 Å². The molecule has 1 aliphatic heterocycles. The molecule has 3 aromatic carbocycles. The van der Waals surface area contributed by atoms with Crippen molar-refractivity contribution >= 4 is 29.8 Å². The molecule has 14 heteroatoms. The zero-order valence-corrected chi connectivity index (χ0v) is 38.3. The molecule has 3 N–H and O–H groups in total. The lowest BCUT2D eigenvalue weighted by Gasteiger charge is -2.76. The van der Waals surface area contributed by atoms with Gasteiger partial charge in [0, 0.05) is 50.2 Å². The van der Waals surface area contributed by atoms with Gasteiger partial charge < -0.3 is 44.0 Å². The highest BCUT2D eigenvalue weighted by Crippen LogP contribution is 2.74. The van der Waals surface area contributed by atoms with E-state index in [9.17, 15) is 34.2 Å². The quantitative estimate of drug-likeness (QED) is 0.113. The van der Waals surface area contributed by atoms with Crippen LogP contribution in [0.4, 0.5) is 0 Å². The molecule has 3 fully saturated rings. The summed E-state index contributed by atoms with van der Waals surface area (Å²) in [6, 6.07) is 24.3. The van der Waals surface area contributed by atoms with Gasteiger partial charge in [0.25, 0.3) is 5.91 Å². The third-order valence-electron chi connectivity index (χ3n) is 15.3. The van der Waals surface area contributed by atoms with Gasteiger partial charge in [0.2, 0.25) is 0 Å². The van der Waals surface area contributed by atoms with Gasteiger partial charge in [-0.1, -0.05) is 101 Å². The Kier molecular flexibility index (Phi) is 12.3. The molecule has 2 bridgehead atoms. The first-order valence-electron chi connectivity index (χ1n) is 21.8. The first-order valence-corrected chi connectivity index (χ1v) is 21.8. The van der Waals surface area contributed by atoms with E-state index in [0.29, 0.717) is 16.7 Å². The number of aliphatic hydroxyl groups is 2. The summed E-state index contributed by atoms with van der Waals surface area (Å²) in [4.78, 5) is 69.8. The number of nitrogens with one attached hydrogen (secondary N) is 1. The molecule has 3 aromatic rings. The summed E-state index contributed by atoms with van der Waals surface area (Å²) in [6.45, 7) is 16.9. The number of carbonyl (C=O) groups is 5. The van der Waals surface area contributed by atoms with Crippen molar-refractivity contribution in [2.45, 2.75) is 122 Å². The fraction of sp³-hybridized carbons (Fsp3) is 0.471. The molecular formula is C51H59NO13. The van der Waals surface area contributed by atoms with Crippen LogP contribution in [-0.2, 0) is 42.8 Å². The lowest BCUT2D eigenvalue weighted by atomic mass is 9.36. The summed E-state index contributed by atoms with van der Waals surface area (Å²) in [6.07, 6.45) is -7.73. The summed E-state index contributed by atoms with van der Waals surface area (Å²) in [5.41, 5.74) is -8.59. The number of hydrogen-bond acceptors (Lipinski definition) is 13. The Morgan fingerprint density at radius 1 is 0.800 bits per heavy atom. The maximum atomic E-state index is 14.8. The van der Waals surface area contributed by atoms with Crippen LogP contribution in [-0.4, -0.2) is 101 Å². The summed E-state index contributed by atoms with van der Waals surface area (Å²) < 4.78 is 37.9. The van der Waals surface area contributed by atoms with Crippen LogP contribution < -0.4 is 5.32 Å². The first-order chi connectivity index (χ1) is 30.5. The molecule has 1 heterocycles. The molecule has 0 spiro atoms. The Morgan fingerprint density at radius 2 is 1.37 bits per heavy atom. The predicted octanol–water partition coefficient (Wildman–Crippen LogP) is 6.16. The van der Waals surface area contributed by atoms with E-state index in [1.165, 1.54) is 21.0 Å². The smallest absolute Gasteiger partial charge is 0.338 e. The summed E-state index contributed by atoms with van der Waals surface area (Å²) in [7, 11) is 1.31. The average Bonchev–Trinajstić information content (AvgIpc) is 3.27. The van der Waals surface area contributed by atoms with Crippen LogP contribution in [0.3, 0.4) is 0 Å². The average molecular weight is 894 g/mol. The van der Waals surface area contributed by atoms with Crippen molar-refractivity contribution in [2.75, 3.05) is 13.7 Å². The Balaban J connectivity index is 1.44. The highest BCUT2D eigenvalue weighted by molar-refractivity contribution is 5.95. The third-order valence-corrected chi connectivity index (χ3v) is 15.3. The largest absolute Gasteiger partial charge is 0.456 e. The molecule has 0 radical (unpaired) electrons. The number of benzene rings is 3. The molecule has 1 saturated heterocycles. The Labute approximate surface area is 379 Å². The van der Waals surface area contributed by atoms with E-state index >= 15 is 0 Å². The van der Waals surface area contributed by atoms with E-state index in [0.717, 1.165) is 0 Å². The number of amides is 1. The van der Waals surface area contributed by atoms with Crippen molar-refractivity contribution in [2.24, 2.45) is 16.2 Å². The molecule has 1 unspecified atom stereocenters. The van der Waals surface area contributed by atoms with Crippen molar-refractivity contribution in [1.29, 1.82) is 0 Å². The van der Waals surface area contributed by atoms with Gasteiger partial charge in [-0.3, -0.25) is 14.4 Å². The van der Waals surface area contributed by atoms with E-state index in [-0.39, 0.29) is 29.7 Å². The second-order valence-electron chi connectivity index (χ2n) is 18.9. The Hall–Kier alpha value is -5.67. The Bertz CT molecular complexity index is 2400. The number of hydrogen-bond donors (Lipinski definition) is 3. The number of fused-ring (bicyclic) bond motifs is 5. The number of methoxy groups -OCH3 is 1. The van der Waals surface area contributed by atoms with Crippen LogP contribution in [0, 0.1) is 16.2 Å². The summed E-state index contributed by atoms with van der Waals surface area (Å²) in [5.74, 6) is -3.66. The van der Waals surface area contributed by atoms with Crippen molar-refractivity contribution in [1.82, 2.24) is 5.32 Å². The maximum absolute atomic E-state index is 14.8. The molecule has 11 atom stereocenters.